The number of carbonyl (C=O) groups excluding carboxylic acids is 2. The number of likely N-dealkylation sites (tertiary alicyclic amines) is 1. The molecule has 0 saturated carbocycles. The third-order valence-electron chi connectivity index (χ3n) is 7.65. The van der Waals surface area contributed by atoms with Crippen LogP contribution in [-0.2, 0) is 14.3 Å². The molecular formula is C27H32N2O5. The van der Waals surface area contributed by atoms with Crippen molar-refractivity contribution in [2.45, 2.75) is 58.0 Å². The molecule has 0 radical (unpaired) electrons. The third kappa shape index (κ3) is 4.04. The van der Waals surface area contributed by atoms with E-state index in [9.17, 15) is 19.5 Å². The third-order valence-corrected chi connectivity index (χ3v) is 7.65. The quantitative estimate of drug-likeness (QED) is 0.660. The number of aliphatic carboxylic acids is 1. The van der Waals surface area contributed by atoms with E-state index < -0.39 is 29.1 Å². The first kappa shape index (κ1) is 23.8. The van der Waals surface area contributed by atoms with Crippen LogP contribution >= 0.6 is 0 Å². The first-order valence-corrected chi connectivity index (χ1v) is 11.7. The fourth-order valence-corrected chi connectivity index (χ4v) is 4.94. The number of amides is 2. The van der Waals surface area contributed by atoms with Gasteiger partial charge in [-0.25, -0.2) is 9.59 Å². The van der Waals surface area contributed by atoms with E-state index in [1.807, 2.05) is 24.3 Å². The summed E-state index contributed by atoms with van der Waals surface area (Å²) in [6, 6.07) is 15.4. The number of hydrogen-bond donors (Lipinski definition) is 2. The summed E-state index contributed by atoms with van der Waals surface area (Å²) in [5, 5.41) is 12.3. The lowest BCUT2D eigenvalue weighted by Crippen LogP contribution is -2.61. The van der Waals surface area contributed by atoms with Crippen molar-refractivity contribution in [2.24, 2.45) is 5.41 Å². The van der Waals surface area contributed by atoms with Gasteiger partial charge in [0.2, 0.25) is 5.91 Å². The number of fused-ring (bicyclic) bond motifs is 3. The molecule has 2 aliphatic rings. The maximum atomic E-state index is 13.3. The van der Waals surface area contributed by atoms with Crippen molar-refractivity contribution in [3.05, 3.63) is 59.7 Å². The Bertz CT molecular complexity index is 1080. The van der Waals surface area contributed by atoms with Gasteiger partial charge in [-0.05, 0) is 62.8 Å². The molecule has 1 saturated heterocycles. The number of carbonyl (C=O) groups is 3. The van der Waals surface area contributed by atoms with Crippen molar-refractivity contribution < 1.29 is 24.2 Å². The van der Waals surface area contributed by atoms with E-state index in [1.54, 1.807) is 27.7 Å². The van der Waals surface area contributed by atoms with Crippen LogP contribution in [0.3, 0.4) is 0 Å². The lowest BCUT2D eigenvalue weighted by atomic mass is 9.73. The first-order chi connectivity index (χ1) is 16.0. The van der Waals surface area contributed by atoms with Gasteiger partial charge >= 0.3 is 12.1 Å². The highest BCUT2D eigenvalue weighted by atomic mass is 16.5. The number of nitrogens with one attached hydrogen (secondary N) is 1. The van der Waals surface area contributed by atoms with Crippen molar-refractivity contribution in [1.29, 1.82) is 0 Å². The number of hydrogen-bond acceptors (Lipinski definition) is 4. The molecule has 1 atom stereocenters. The molecule has 180 valence electrons. The first-order valence-electron chi connectivity index (χ1n) is 11.7. The van der Waals surface area contributed by atoms with Gasteiger partial charge < -0.3 is 20.1 Å². The van der Waals surface area contributed by atoms with Gasteiger partial charge in [0.25, 0.3) is 0 Å². The molecule has 4 rings (SSSR count). The van der Waals surface area contributed by atoms with Gasteiger partial charge in [0, 0.05) is 12.5 Å². The summed E-state index contributed by atoms with van der Waals surface area (Å²) in [6.07, 6.45) is 0.486. The van der Waals surface area contributed by atoms with Crippen molar-refractivity contribution >= 4 is 18.0 Å². The Morgan fingerprint density at radius 2 is 1.56 bits per heavy atom. The molecule has 2 amide bonds. The predicted octanol–water partition coefficient (Wildman–Crippen LogP) is 4.41. The predicted molar refractivity (Wildman–Crippen MR) is 128 cm³/mol. The number of rotatable bonds is 6. The zero-order valence-electron chi connectivity index (χ0n) is 20.1. The summed E-state index contributed by atoms with van der Waals surface area (Å²) in [5.41, 5.74) is 2.53. The second-order valence-corrected chi connectivity index (χ2v) is 10.2. The molecule has 1 unspecified atom stereocenters. The van der Waals surface area contributed by atoms with Gasteiger partial charge in [-0.1, -0.05) is 48.5 Å². The maximum absolute atomic E-state index is 13.3. The standard InChI is InChI=1S/C27H32N2O5/c1-26(2,24(32)29-15-9-14-22(29)23(30)31)27(3,4)28-25(33)34-16-21-19-12-7-5-10-17(19)18-11-6-8-13-20(18)21/h5-8,10-13,21-22H,9,14-16H2,1-4H3,(H,28,33)(H,30,31). The molecule has 1 heterocycles. The minimum absolute atomic E-state index is 0.0585. The maximum Gasteiger partial charge on any atom is 0.407 e. The average Bonchev–Trinajstić information content (AvgIpc) is 3.40. The SMILES string of the molecule is CC(C)(NC(=O)OCC1c2ccccc2-c2ccccc21)C(C)(C)C(=O)N1CCCC1C(=O)O. The second kappa shape index (κ2) is 8.78. The Balaban J connectivity index is 1.44. The van der Waals surface area contributed by atoms with Gasteiger partial charge in [-0.2, -0.15) is 0 Å². The van der Waals surface area contributed by atoms with Crippen LogP contribution < -0.4 is 5.32 Å². The monoisotopic (exact) mass is 464 g/mol. The minimum atomic E-state index is -1.05. The summed E-state index contributed by atoms with van der Waals surface area (Å²) in [6.45, 7) is 7.57. The number of nitrogens with zero attached hydrogens (tertiary/aromatic N) is 1. The topological polar surface area (TPSA) is 95.9 Å². The number of ether oxygens (including phenoxy) is 1. The van der Waals surface area contributed by atoms with Crippen LogP contribution in [0.4, 0.5) is 4.79 Å². The highest BCUT2D eigenvalue weighted by Crippen LogP contribution is 2.44. The van der Waals surface area contributed by atoms with E-state index in [0.717, 1.165) is 22.3 Å². The Hall–Kier alpha value is -3.35. The second-order valence-electron chi connectivity index (χ2n) is 10.2. The average molecular weight is 465 g/mol. The summed E-state index contributed by atoms with van der Waals surface area (Å²) in [5.74, 6) is -1.35. The highest BCUT2D eigenvalue weighted by molar-refractivity contribution is 5.89. The molecular weight excluding hydrogens is 432 g/mol. The summed E-state index contributed by atoms with van der Waals surface area (Å²) in [4.78, 5) is 39.2. The molecule has 0 aromatic heterocycles. The molecule has 2 aromatic carbocycles. The normalized spacial score (nSPS) is 17.8. The highest BCUT2D eigenvalue weighted by Gasteiger charge is 2.49. The van der Waals surface area contributed by atoms with Crippen LogP contribution in [0.25, 0.3) is 11.1 Å². The molecule has 2 N–H and O–H groups in total. The van der Waals surface area contributed by atoms with Gasteiger partial charge in [0.15, 0.2) is 0 Å². The van der Waals surface area contributed by atoms with E-state index in [1.165, 1.54) is 4.90 Å². The smallest absolute Gasteiger partial charge is 0.407 e. The zero-order chi connectivity index (χ0) is 24.7. The lowest BCUT2D eigenvalue weighted by Gasteiger charge is -2.43. The minimum Gasteiger partial charge on any atom is -0.480 e. The molecule has 1 aliphatic carbocycles. The Morgan fingerprint density at radius 1 is 1.00 bits per heavy atom. The van der Waals surface area contributed by atoms with E-state index in [-0.39, 0.29) is 18.4 Å². The van der Waals surface area contributed by atoms with E-state index in [0.29, 0.717) is 19.4 Å². The van der Waals surface area contributed by atoms with E-state index >= 15 is 0 Å². The van der Waals surface area contributed by atoms with E-state index in [2.05, 4.69) is 29.6 Å². The number of carboxylic acid groups (broad SMARTS) is 1. The molecule has 1 fully saturated rings. The summed E-state index contributed by atoms with van der Waals surface area (Å²) >= 11 is 0. The molecule has 34 heavy (non-hydrogen) atoms. The molecule has 1 aliphatic heterocycles. The molecule has 0 bridgehead atoms. The number of carboxylic acids is 1. The van der Waals surface area contributed by atoms with Gasteiger partial charge in [0.1, 0.15) is 12.6 Å². The van der Waals surface area contributed by atoms with Crippen LogP contribution in [0, 0.1) is 5.41 Å². The molecule has 2 aromatic rings. The van der Waals surface area contributed by atoms with Crippen molar-refractivity contribution in [3.8, 4) is 11.1 Å². The Morgan fingerprint density at radius 3 is 2.12 bits per heavy atom. The Labute approximate surface area is 200 Å². The van der Waals surface area contributed by atoms with Crippen molar-refractivity contribution in [3.63, 3.8) is 0 Å². The largest absolute Gasteiger partial charge is 0.480 e. The van der Waals surface area contributed by atoms with E-state index in [4.69, 9.17) is 4.74 Å². The fraction of sp³-hybridized carbons (Fsp3) is 0.444. The molecule has 7 heteroatoms. The van der Waals surface area contributed by atoms with Crippen LogP contribution in [0.2, 0.25) is 0 Å². The lowest BCUT2D eigenvalue weighted by molar-refractivity contribution is -0.154. The number of alkyl carbamates (subject to hydrolysis) is 1. The van der Waals surface area contributed by atoms with Crippen molar-refractivity contribution in [1.82, 2.24) is 10.2 Å². The van der Waals surface area contributed by atoms with Gasteiger partial charge in [-0.15, -0.1) is 0 Å². The fourth-order valence-electron chi connectivity index (χ4n) is 4.94. The summed E-state index contributed by atoms with van der Waals surface area (Å²) in [7, 11) is 0. The molecule has 0 spiro atoms. The van der Waals surface area contributed by atoms with Crippen LogP contribution in [0.15, 0.2) is 48.5 Å². The van der Waals surface area contributed by atoms with Gasteiger partial charge in [0.05, 0.1) is 11.0 Å². The van der Waals surface area contributed by atoms with Crippen molar-refractivity contribution in [2.75, 3.05) is 13.2 Å². The summed E-state index contributed by atoms with van der Waals surface area (Å²) < 4.78 is 5.67. The zero-order valence-corrected chi connectivity index (χ0v) is 20.1. The van der Waals surface area contributed by atoms with Crippen LogP contribution in [0.1, 0.15) is 57.6 Å². The van der Waals surface area contributed by atoms with Crippen LogP contribution in [0.5, 0.6) is 0 Å². The van der Waals surface area contributed by atoms with Gasteiger partial charge in [-0.3, -0.25) is 4.79 Å². The Kier molecular flexibility index (Phi) is 6.14. The number of benzene rings is 2. The molecule has 7 nitrogen and oxygen atoms in total. The van der Waals surface area contributed by atoms with Crippen LogP contribution in [-0.4, -0.2) is 52.7 Å².